The lowest BCUT2D eigenvalue weighted by molar-refractivity contribution is -0.143. The Hall–Kier alpha value is -1.81. The van der Waals surface area contributed by atoms with Crippen molar-refractivity contribution in [3.63, 3.8) is 0 Å². The Morgan fingerprint density at radius 2 is 1.46 bits per heavy atom. The third kappa shape index (κ3) is 8.92. The maximum absolute atomic E-state index is 12.6. The minimum absolute atomic E-state index is 0.0852. The van der Waals surface area contributed by atoms with Crippen LogP contribution in [0.1, 0.15) is 41.0 Å². The number of thioether (sulfide) groups is 1. The van der Waals surface area contributed by atoms with Crippen LogP contribution in [0.2, 0.25) is 0 Å². The van der Waals surface area contributed by atoms with Gasteiger partial charge in [0.05, 0.1) is 6.04 Å². The number of amides is 3. The largest absolute Gasteiger partial charge is 0.480 e. The summed E-state index contributed by atoms with van der Waals surface area (Å²) in [4.78, 5) is 48.3. The second-order valence-corrected chi connectivity index (χ2v) is 8.40. The van der Waals surface area contributed by atoms with Gasteiger partial charge < -0.3 is 26.8 Å². The van der Waals surface area contributed by atoms with Crippen molar-refractivity contribution in [2.24, 2.45) is 17.6 Å². The van der Waals surface area contributed by atoms with Crippen LogP contribution in [0.3, 0.4) is 0 Å². The van der Waals surface area contributed by atoms with Crippen molar-refractivity contribution < 1.29 is 24.3 Å². The van der Waals surface area contributed by atoms with Gasteiger partial charge >= 0.3 is 5.97 Å². The average Bonchev–Trinajstić information content (AvgIpc) is 2.60. The molecule has 0 aromatic heterocycles. The lowest BCUT2D eigenvalue weighted by atomic mass is 10.0. The first-order chi connectivity index (χ1) is 12.9. The molecule has 28 heavy (non-hydrogen) atoms. The molecule has 162 valence electrons. The predicted molar refractivity (Wildman–Crippen MR) is 110 cm³/mol. The summed E-state index contributed by atoms with van der Waals surface area (Å²) in [5.41, 5.74) is 5.83. The van der Waals surface area contributed by atoms with Crippen LogP contribution in [0.5, 0.6) is 0 Å². The molecule has 4 atom stereocenters. The summed E-state index contributed by atoms with van der Waals surface area (Å²) in [6, 6.07) is -3.59. The molecule has 0 spiro atoms. The van der Waals surface area contributed by atoms with Crippen LogP contribution in [0.25, 0.3) is 0 Å². The molecule has 4 unspecified atom stereocenters. The lowest BCUT2D eigenvalue weighted by Gasteiger charge is -2.24. The zero-order chi connectivity index (χ0) is 22.0. The molecule has 3 amide bonds. The Morgan fingerprint density at radius 3 is 1.89 bits per heavy atom. The number of carboxylic acid groups (broad SMARTS) is 1. The number of rotatable bonds is 12. The first-order valence-electron chi connectivity index (χ1n) is 9.30. The van der Waals surface area contributed by atoms with Crippen molar-refractivity contribution in [2.75, 3.05) is 12.0 Å². The fourth-order valence-electron chi connectivity index (χ4n) is 2.25. The first-order valence-corrected chi connectivity index (χ1v) is 10.7. The van der Waals surface area contributed by atoms with E-state index in [0.717, 1.165) is 0 Å². The summed E-state index contributed by atoms with van der Waals surface area (Å²) in [5.74, 6) is -2.47. The summed E-state index contributed by atoms with van der Waals surface area (Å²) in [6.07, 6.45) is 2.26. The van der Waals surface area contributed by atoms with E-state index in [0.29, 0.717) is 12.2 Å². The van der Waals surface area contributed by atoms with Gasteiger partial charge in [-0.05, 0) is 37.2 Å². The molecule has 0 rings (SSSR count). The number of nitrogens with one attached hydrogen (secondary N) is 3. The highest BCUT2D eigenvalue weighted by atomic mass is 32.2. The molecular formula is C18H34N4O5S. The molecule has 0 aliphatic rings. The molecule has 0 heterocycles. The van der Waals surface area contributed by atoms with Crippen LogP contribution in [0.4, 0.5) is 0 Å². The quantitative estimate of drug-likeness (QED) is 0.298. The second-order valence-electron chi connectivity index (χ2n) is 7.41. The lowest BCUT2D eigenvalue weighted by Crippen LogP contribution is -2.57. The number of carbonyl (C=O) groups excluding carboxylic acids is 3. The summed E-state index contributed by atoms with van der Waals surface area (Å²) < 4.78 is 0. The third-order valence-corrected chi connectivity index (χ3v) is 4.89. The Labute approximate surface area is 170 Å². The van der Waals surface area contributed by atoms with Gasteiger partial charge in [-0.1, -0.05) is 27.7 Å². The number of hydrogen-bond acceptors (Lipinski definition) is 6. The van der Waals surface area contributed by atoms with Gasteiger partial charge in [-0.3, -0.25) is 14.4 Å². The van der Waals surface area contributed by atoms with E-state index in [4.69, 9.17) is 5.73 Å². The van der Waals surface area contributed by atoms with Crippen LogP contribution in [0.15, 0.2) is 0 Å². The zero-order valence-electron chi connectivity index (χ0n) is 17.4. The molecule has 10 heteroatoms. The van der Waals surface area contributed by atoms with Gasteiger partial charge in [0.2, 0.25) is 17.7 Å². The van der Waals surface area contributed by atoms with Crippen molar-refractivity contribution in [3.8, 4) is 0 Å². The molecule has 0 aliphatic carbocycles. The molecule has 0 aromatic rings. The van der Waals surface area contributed by atoms with E-state index in [1.165, 1.54) is 18.7 Å². The van der Waals surface area contributed by atoms with E-state index in [9.17, 15) is 24.3 Å². The van der Waals surface area contributed by atoms with Crippen LogP contribution in [0, 0.1) is 11.8 Å². The molecule has 0 saturated carbocycles. The van der Waals surface area contributed by atoms with Crippen molar-refractivity contribution >= 4 is 35.5 Å². The smallest absolute Gasteiger partial charge is 0.326 e. The summed E-state index contributed by atoms with van der Waals surface area (Å²) in [6.45, 7) is 8.42. The van der Waals surface area contributed by atoms with Crippen molar-refractivity contribution in [1.29, 1.82) is 0 Å². The molecule has 6 N–H and O–H groups in total. The Morgan fingerprint density at radius 1 is 0.893 bits per heavy atom. The van der Waals surface area contributed by atoms with Gasteiger partial charge in [0.25, 0.3) is 0 Å². The van der Waals surface area contributed by atoms with Gasteiger partial charge in [0.15, 0.2) is 0 Å². The highest BCUT2D eigenvalue weighted by Gasteiger charge is 2.29. The minimum atomic E-state index is -1.14. The Bertz CT molecular complexity index is 556. The van der Waals surface area contributed by atoms with Gasteiger partial charge in [-0.2, -0.15) is 11.8 Å². The molecule has 0 aromatic carbocycles. The van der Waals surface area contributed by atoms with Crippen LogP contribution in [-0.4, -0.2) is 65.0 Å². The van der Waals surface area contributed by atoms with Gasteiger partial charge in [-0.15, -0.1) is 0 Å². The van der Waals surface area contributed by atoms with Crippen LogP contribution >= 0.6 is 11.8 Å². The summed E-state index contributed by atoms with van der Waals surface area (Å²) >= 11 is 1.52. The number of aliphatic carboxylic acids is 1. The average molecular weight is 419 g/mol. The van der Waals surface area contributed by atoms with E-state index in [1.807, 2.05) is 6.26 Å². The van der Waals surface area contributed by atoms with E-state index < -0.39 is 47.9 Å². The van der Waals surface area contributed by atoms with E-state index in [2.05, 4.69) is 16.0 Å². The van der Waals surface area contributed by atoms with E-state index >= 15 is 0 Å². The maximum atomic E-state index is 12.6. The molecule has 0 fully saturated rings. The first kappa shape index (κ1) is 26.2. The number of carbonyl (C=O) groups is 4. The van der Waals surface area contributed by atoms with E-state index in [-0.39, 0.29) is 11.8 Å². The van der Waals surface area contributed by atoms with Crippen molar-refractivity contribution in [1.82, 2.24) is 16.0 Å². The minimum Gasteiger partial charge on any atom is -0.480 e. The fourth-order valence-corrected chi connectivity index (χ4v) is 2.72. The fraction of sp³-hybridized carbons (Fsp3) is 0.778. The number of hydrogen-bond donors (Lipinski definition) is 5. The molecule has 0 aliphatic heterocycles. The number of nitrogens with two attached hydrogens (primary N) is 1. The summed E-state index contributed by atoms with van der Waals surface area (Å²) in [7, 11) is 0. The molecule has 0 radical (unpaired) electrons. The van der Waals surface area contributed by atoms with Gasteiger partial charge in [-0.25, -0.2) is 4.79 Å². The summed E-state index contributed by atoms with van der Waals surface area (Å²) in [5, 5.41) is 16.8. The zero-order valence-corrected chi connectivity index (χ0v) is 18.3. The topological polar surface area (TPSA) is 151 Å². The van der Waals surface area contributed by atoms with Gasteiger partial charge in [0, 0.05) is 0 Å². The molecule has 0 saturated heterocycles. The predicted octanol–water partition coefficient (Wildman–Crippen LogP) is -0.0623. The van der Waals surface area contributed by atoms with Gasteiger partial charge in [0.1, 0.15) is 18.1 Å². The van der Waals surface area contributed by atoms with Crippen LogP contribution in [-0.2, 0) is 19.2 Å². The highest BCUT2D eigenvalue weighted by molar-refractivity contribution is 7.98. The molecule has 0 bridgehead atoms. The Balaban J connectivity index is 5.01. The molecule has 9 nitrogen and oxygen atoms in total. The Kier molecular flexibility index (Phi) is 11.8. The second kappa shape index (κ2) is 12.6. The molecular weight excluding hydrogens is 384 g/mol. The monoisotopic (exact) mass is 418 g/mol. The normalized spacial score (nSPS) is 15.5. The third-order valence-electron chi connectivity index (χ3n) is 4.25. The highest BCUT2D eigenvalue weighted by Crippen LogP contribution is 2.05. The van der Waals surface area contributed by atoms with Crippen LogP contribution < -0.4 is 21.7 Å². The SMILES string of the molecule is CSCCC(NC(=O)C(N)C(C)C)C(=O)NC(C)C(=O)NC(C(=O)O)C(C)C. The number of carboxylic acids is 1. The maximum Gasteiger partial charge on any atom is 0.326 e. The standard InChI is InChI=1S/C18H34N4O5S/c1-9(2)13(19)17(25)21-12(7-8-28-6)16(24)20-11(5)15(23)22-14(10(3)4)18(26)27/h9-14H,7-8,19H2,1-6H3,(H,20,24)(H,21,25)(H,22,23)(H,26,27). The van der Waals surface area contributed by atoms with Crippen molar-refractivity contribution in [3.05, 3.63) is 0 Å². The van der Waals surface area contributed by atoms with Crippen molar-refractivity contribution in [2.45, 2.75) is 65.2 Å². The van der Waals surface area contributed by atoms with E-state index in [1.54, 1.807) is 27.7 Å².